The van der Waals surface area contributed by atoms with Crippen molar-refractivity contribution in [1.82, 2.24) is 9.55 Å². The van der Waals surface area contributed by atoms with E-state index < -0.39 is 7.26 Å². The number of imidazole rings is 1. The molecule has 1 heterocycles. The highest BCUT2D eigenvalue weighted by Gasteiger charge is 2.46. The van der Waals surface area contributed by atoms with Gasteiger partial charge in [-0.2, -0.15) is 0 Å². The molecule has 0 radical (unpaired) electrons. The van der Waals surface area contributed by atoms with E-state index in [1.165, 1.54) is 21.6 Å². The zero-order valence-corrected chi connectivity index (χ0v) is 18.8. The van der Waals surface area contributed by atoms with Crippen LogP contribution in [-0.2, 0) is 12.7 Å². The van der Waals surface area contributed by atoms with Crippen LogP contribution in [0.3, 0.4) is 0 Å². The first kappa shape index (κ1) is 23.2. The highest BCUT2D eigenvalue weighted by Crippen LogP contribution is 2.58. The minimum atomic E-state index is -1.84. The Hall–Kier alpha value is -2.12. The molecule has 0 N–H and O–H groups in total. The lowest BCUT2D eigenvalue weighted by molar-refractivity contribution is -0.00000560. The lowest BCUT2D eigenvalue weighted by Gasteiger charge is -2.27. The van der Waals surface area contributed by atoms with Crippen LogP contribution >= 0.6 is 19.7 Å². The summed E-state index contributed by atoms with van der Waals surface area (Å²) in [6.45, 7) is 3.12. The Bertz CT molecular complexity index is 892. The van der Waals surface area contributed by atoms with Crippen LogP contribution in [0.15, 0.2) is 104 Å². The molecular weight excluding hydrogens is 418 g/mol. The van der Waals surface area contributed by atoms with E-state index in [1.807, 2.05) is 12.5 Å². The maximum Gasteiger partial charge on any atom is 0.118 e. The number of aromatic nitrogens is 2. The number of aryl methyl sites for hydroxylation is 1. The van der Waals surface area contributed by atoms with E-state index in [2.05, 4.69) is 107 Å². The predicted molar refractivity (Wildman–Crippen MR) is 124 cm³/mol. The highest BCUT2D eigenvalue weighted by molar-refractivity contribution is 7.95. The van der Waals surface area contributed by atoms with Crippen molar-refractivity contribution in [3.63, 3.8) is 0 Å². The van der Waals surface area contributed by atoms with Gasteiger partial charge in [0.1, 0.15) is 29.3 Å². The monoisotopic (exact) mass is 442 g/mol. The van der Waals surface area contributed by atoms with Gasteiger partial charge in [0.05, 0.1) is 18.2 Å². The molecule has 0 atom stereocenters. The number of nitrogens with zero attached hydrogens (tertiary/aromatic N) is 2. The second-order valence-electron chi connectivity index (χ2n) is 6.65. The SMILES string of the molecule is CCn1cncc1C[P+](c1ccccc1)(c1ccccc1)c1ccccc1.Cl.[Cl-]. The maximum atomic E-state index is 4.44. The fraction of sp³-hybridized carbons (Fsp3) is 0.125. The first-order chi connectivity index (χ1) is 13.3. The minimum absolute atomic E-state index is 0. The number of hydrogen-bond acceptors (Lipinski definition) is 1. The Kier molecular flexibility index (Phi) is 8.46. The molecule has 4 aromatic rings. The molecule has 4 rings (SSSR count). The summed E-state index contributed by atoms with van der Waals surface area (Å²) in [5.41, 5.74) is 1.29. The van der Waals surface area contributed by atoms with Gasteiger partial charge in [-0.05, 0) is 43.3 Å². The van der Waals surface area contributed by atoms with Crippen molar-refractivity contribution >= 4 is 35.6 Å². The summed E-state index contributed by atoms with van der Waals surface area (Å²) in [6.07, 6.45) is 4.96. The first-order valence-electron chi connectivity index (χ1n) is 9.38. The second-order valence-corrected chi connectivity index (χ2v) is 10.1. The number of benzene rings is 3. The Morgan fingerprint density at radius 2 is 1.14 bits per heavy atom. The van der Waals surface area contributed by atoms with E-state index in [0.717, 1.165) is 12.7 Å². The first-order valence-corrected chi connectivity index (χ1v) is 11.4. The summed E-state index contributed by atoms with van der Waals surface area (Å²) in [5.74, 6) is 0. The predicted octanol–water partition coefficient (Wildman–Crippen LogP) is 1.82. The van der Waals surface area contributed by atoms with Crippen molar-refractivity contribution in [2.45, 2.75) is 19.6 Å². The van der Waals surface area contributed by atoms with Crippen molar-refractivity contribution in [1.29, 1.82) is 0 Å². The number of halogens is 2. The molecule has 1 aromatic heterocycles. The van der Waals surface area contributed by atoms with Crippen molar-refractivity contribution in [2.75, 3.05) is 0 Å². The van der Waals surface area contributed by atoms with Crippen LogP contribution in [-0.4, -0.2) is 9.55 Å². The molecule has 0 fully saturated rings. The van der Waals surface area contributed by atoms with Gasteiger partial charge in [0.15, 0.2) is 0 Å². The fourth-order valence-electron chi connectivity index (χ4n) is 3.78. The summed E-state index contributed by atoms with van der Waals surface area (Å²) >= 11 is 0. The minimum Gasteiger partial charge on any atom is -1.00 e. The van der Waals surface area contributed by atoms with E-state index in [9.17, 15) is 0 Å². The van der Waals surface area contributed by atoms with E-state index in [1.54, 1.807) is 0 Å². The smallest absolute Gasteiger partial charge is 0.118 e. The Morgan fingerprint density at radius 3 is 1.52 bits per heavy atom. The van der Waals surface area contributed by atoms with Crippen LogP contribution in [0.2, 0.25) is 0 Å². The van der Waals surface area contributed by atoms with Gasteiger partial charge < -0.3 is 17.0 Å². The summed E-state index contributed by atoms with van der Waals surface area (Å²) in [5, 5.41) is 4.23. The molecule has 0 unspecified atom stereocenters. The summed E-state index contributed by atoms with van der Waals surface area (Å²) in [4.78, 5) is 4.44. The van der Waals surface area contributed by atoms with Gasteiger partial charge in [0.25, 0.3) is 0 Å². The summed E-state index contributed by atoms with van der Waals surface area (Å²) in [6, 6.07) is 33.0. The van der Waals surface area contributed by atoms with Crippen LogP contribution in [0.4, 0.5) is 0 Å². The molecule has 0 aliphatic rings. The number of hydrogen-bond donors (Lipinski definition) is 0. The topological polar surface area (TPSA) is 17.8 Å². The lowest BCUT2D eigenvalue weighted by atomic mass is 10.4. The molecular formula is C24H25Cl2N2P. The van der Waals surface area contributed by atoms with Crippen LogP contribution in [0.1, 0.15) is 12.6 Å². The average Bonchev–Trinajstić information content (AvgIpc) is 3.21. The van der Waals surface area contributed by atoms with Gasteiger partial charge in [0.2, 0.25) is 0 Å². The van der Waals surface area contributed by atoms with Gasteiger partial charge in [-0.1, -0.05) is 54.6 Å². The highest BCUT2D eigenvalue weighted by atomic mass is 35.5. The van der Waals surface area contributed by atoms with Crippen molar-refractivity contribution < 1.29 is 12.4 Å². The second kappa shape index (κ2) is 10.6. The van der Waals surface area contributed by atoms with Crippen molar-refractivity contribution in [3.05, 3.63) is 109 Å². The quantitative estimate of drug-likeness (QED) is 0.416. The van der Waals surface area contributed by atoms with E-state index in [-0.39, 0.29) is 24.8 Å². The molecule has 0 amide bonds. The molecule has 0 aliphatic heterocycles. The zero-order chi connectivity index (χ0) is 18.5. The molecule has 0 aliphatic carbocycles. The Morgan fingerprint density at radius 1 is 0.724 bits per heavy atom. The molecule has 0 saturated carbocycles. The average molecular weight is 443 g/mol. The van der Waals surface area contributed by atoms with Crippen LogP contribution < -0.4 is 28.3 Å². The fourth-order valence-corrected chi connectivity index (χ4v) is 8.01. The lowest BCUT2D eigenvalue weighted by Crippen LogP contribution is -3.00. The van der Waals surface area contributed by atoms with Gasteiger partial charge in [-0.25, -0.2) is 4.98 Å². The molecule has 0 saturated heterocycles. The van der Waals surface area contributed by atoms with Crippen LogP contribution in [0, 0.1) is 0 Å². The third kappa shape index (κ3) is 4.56. The van der Waals surface area contributed by atoms with E-state index in [0.29, 0.717) is 0 Å². The molecule has 0 bridgehead atoms. The summed E-state index contributed by atoms with van der Waals surface area (Å²) < 4.78 is 2.27. The molecule has 150 valence electrons. The maximum absolute atomic E-state index is 4.44. The number of rotatable bonds is 6. The van der Waals surface area contributed by atoms with Gasteiger partial charge in [-0.3, -0.25) is 0 Å². The molecule has 5 heteroatoms. The molecule has 29 heavy (non-hydrogen) atoms. The Balaban J connectivity index is 0.00000150. The van der Waals surface area contributed by atoms with Gasteiger partial charge >= 0.3 is 0 Å². The zero-order valence-electron chi connectivity index (χ0n) is 16.4. The van der Waals surface area contributed by atoms with Gasteiger partial charge in [-0.15, -0.1) is 12.4 Å². The van der Waals surface area contributed by atoms with Crippen molar-refractivity contribution in [3.8, 4) is 0 Å². The van der Waals surface area contributed by atoms with E-state index >= 15 is 0 Å². The van der Waals surface area contributed by atoms with Crippen LogP contribution in [0.5, 0.6) is 0 Å². The van der Waals surface area contributed by atoms with Crippen molar-refractivity contribution in [2.24, 2.45) is 0 Å². The molecule has 3 aromatic carbocycles. The largest absolute Gasteiger partial charge is 1.00 e. The van der Waals surface area contributed by atoms with E-state index in [4.69, 9.17) is 0 Å². The third-order valence-corrected chi connectivity index (χ3v) is 9.47. The standard InChI is InChI=1S/C24H24N2P.2ClH/c1-2-26-20-25-18-21(26)19-27(22-12-6-3-7-13-22,23-14-8-4-9-15-23)24-16-10-5-11-17-24;;/h3-18,20H,2,19H2,1H3;2*1H/q+1;;/p-1. The van der Waals surface area contributed by atoms with Gasteiger partial charge in [0, 0.05) is 6.54 Å². The summed E-state index contributed by atoms with van der Waals surface area (Å²) in [7, 11) is -1.84. The Labute approximate surface area is 186 Å². The normalized spacial score (nSPS) is 10.7. The molecule has 0 spiro atoms. The third-order valence-electron chi connectivity index (χ3n) is 5.13. The van der Waals surface area contributed by atoms with Crippen LogP contribution in [0.25, 0.3) is 0 Å². The molecule has 2 nitrogen and oxygen atoms in total.